The predicted molar refractivity (Wildman–Crippen MR) is 86.9 cm³/mol. The molecule has 0 aliphatic carbocycles. The van der Waals surface area contributed by atoms with Crippen LogP contribution in [0.15, 0.2) is 42.6 Å². The molecule has 0 bridgehead atoms. The molecule has 1 aromatic heterocycles. The van der Waals surface area contributed by atoms with Crippen LogP contribution in [-0.4, -0.2) is 24.0 Å². The highest BCUT2D eigenvalue weighted by Gasteiger charge is 2.17. The number of carbonyl (C=O) groups excluding carboxylic acids is 1. The minimum atomic E-state index is -0.0807. The Morgan fingerprint density at radius 3 is 2.71 bits per heavy atom. The van der Waals surface area contributed by atoms with Gasteiger partial charge in [-0.3, -0.25) is 9.78 Å². The number of hydrogen-bond acceptors (Lipinski definition) is 3. The van der Waals surface area contributed by atoms with Gasteiger partial charge in [0.15, 0.2) is 0 Å². The van der Waals surface area contributed by atoms with Crippen molar-refractivity contribution >= 4 is 17.3 Å². The molecule has 0 radical (unpaired) electrons. The van der Waals surface area contributed by atoms with E-state index in [0.29, 0.717) is 12.2 Å². The number of nitrogens with zero attached hydrogens (tertiary/aromatic N) is 2. The van der Waals surface area contributed by atoms with Crippen molar-refractivity contribution in [2.45, 2.75) is 20.8 Å². The fraction of sp³-hybridized carbons (Fsp3) is 0.294. The summed E-state index contributed by atoms with van der Waals surface area (Å²) >= 11 is 0. The first-order valence-electron chi connectivity index (χ1n) is 7.24. The standard InChI is InChI=1S/C17H21N3O/c1-4-18-14-9-10-19-16(12-14)17(21)20(5-2)15-8-6-7-13(3)11-15/h6-12H,4-5H2,1-3H3,(H,18,19). The van der Waals surface area contributed by atoms with E-state index in [0.717, 1.165) is 23.5 Å². The molecule has 2 aromatic rings. The van der Waals surface area contributed by atoms with Crippen LogP contribution in [-0.2, 0) is 0 Å². The van der Waals surface area contributed by atoms with Crippen LogP contribution in [0.4, 0.5) is 11.4 Å². The van der Waals surface area contributed by atoms with Crippen molar-refractivity contribution in [1.29, 1.82) is 0 Å². The van der Waals surface area contributed by atoms with Crippen molar-refractivity contribution in [2.24, 2.45) is 0 Å². The molecule has 0 saturated heterocycles. The van der Waals surface area contributed by atoms with Gasteiger partial charge in [-0.1, -0.05) is 12.1 Å². The summed E-state index contributed by atoms with van der Waals surface area (Å²) in [4.78, 5) is 18.6. The van der Waals surface area contributed by atoms with Crippen LogP contribution in [0.2, 0.25) is 0 Å². The first kappa shape index (κ1) is 15.0. The highest BCUT2D eigenvalue weighted by Crippen LogP contribution is 2.19. The van der Waals surface area contributed by atoms with Crippen molar-refractivity contribution in [3.63, 3.8) is 0 Å². The fourth-order valence-corrected chi connectivity index (χ4v) is 2.24. The Kier molecular flexibility index (Phi) is 4.93. The molecule has 2 rings (SSSR count). The zero-order chi connectivity index (χ0) is 15.2. The molecule has 1 aromatic carbocycles. The van der Waals surface area contributed by atoms with E-state index in [1.54, 1.807) is 17.2 Å². The molecule has 4 heteroatoms. The van der Waals surface area contributed by atoms with Gasteiger partial charge in [0.05, 0.1) is 0 Å². The van der Waals surface area contributed by atoms with Gasteiger partial charge in [-0.05, 0) is 50.6 Å². The summed E-state index contributed by atoms with van der Waals surface area (Å²) in [6.45, 7) is 7.43. The lowest BCUT2D eigenvalue weighted by molar-refractivity contribution is 0.0983. The van der Waals surface area contributed by atoms with Gasteiger partial charge in [-0.2, -0.15) is 0 Å². The lowest BCUT2D eigenvalue weighted by Crippen LogP contribution is -2.31. The number of hydrogen-bond donors (Lipinski definition) is 1. The monoisotopic (exact) mass is 283 g/mol. The van der Waals surface area contributed by atoms with Crippen molar-refractivity contribution < 1.29 is 4.79 Å². The maximum absolute atomic E-state index is 12.7. The second-order valence-corrected chi connectivity index (χ2v) is 4.85. The van der Waals surface area contributed by atoms with E-state index < -0.39 is 0 Å². The Bertz CT molecular complexity index is 625. The molecular weight excluding hydrogens is 262 g/mol. The molecule has 0 saturated carbocycles. The molecule has 0 spiro atoms. The van der Waals surface area contributed by atoms with Crippen LogP contribution >= 0.6 is 0 Å². The van der Waals surface area contributed by atoms with Crippen molar-refractivity contribution in [1.82, 2.24) is 4.98 Å². The van der Waals surface area contributed by atoms with E-state index in [2.05, 4.69) is 10.3 Å². The molecule has 1 amide bonds. The molecule has 0 unspecified atom stereocenters. The molecule has 1 heterocycles. The number of anilines is 2. The molecule has 4 nitrogen and oxygen atoms in total. The number of rotatable bonds is 5. The van der Waals surface area contributed by atoms with E-state index in [-0.39, 0.29) is 5.91 Å². The third-order valence-electron chi connectivity index (χ3n) is 3.23. The van der Waals surface area contributed by atoms with Crippen molar-refractivity contribution in [3.05, 3.63) is 53.9 Å². The largest absolute Gasteiger partial charge is 0.385 e. The summed E-state index contributed by atoms with van der Waals surface area (Å²) in [6, 6.07) is 11.6. The highest BCUT2D eigenvalue weighted by atomic mass is 16.2. The van der Waals surface area contributed by atoms with Crippen LogP contribution < -0.4 is 10.2 Å². The maximum Gasteiger partial charge on any atom is 0.276 e. The van der Waals surface area contributed by atoms with E-state index in [9.17, 15) is 4.79 Å². The van der Waals surface area contributed by atoms with Gasteiger partial charge in [-0.15, -0.1) is 0 Å². The predicted octanol–water partition coefficient (Wildman–Crippen LogP) is 3.49. The summed E-state index contributed by atoms with van der Waals surface area (Å²) in [5.41, 5.74) is 3.40. The van der Waals surface area contributed by atoms with Gasteiger partial charge in [0.2, 0.25) is 0 Å². The summed E-state index contributed by atoms with van der Waals surface area (Å²) in [7, 11) is 0. The van der Waals surface area contributed by atoms with Gasteiger partial charge in [0.25, 0.3) is 5.91 Å². The zero-order valence-corrected chi connectivity index (χ0v) is 12.8. The third-order valence-corrected chi connectivity index (χ3v) is 3.23. The Morgan fingerprint density at radius 2 is 2.05 bits per heavy atom. The van der Waals surface area contributed by atoms with Crippen LogP contribution in [0.3, 0.4) is 0 Å². The number of pyridine rings is 1. The number of amides is 1. The molecule has 21 heavy (non-hydrogen) atoms. The van der Waals surface area contributed by atoms with Crippen molar-refractivity contribution in [2.75, 3.05) is 23.3 Å². The summed E-state index contributed by atoms with van der Waals surface area (Å²) in [6.07, 6.45) is 1.66. The van der Waals surface area contributed by atoms with Crippen LogP contribution in [0.25, 0.3) is 0 Å². The molecular formula is C17H21N3O. The van der Waals surface area contributed by atoms with Crippen LogP contribution in [0, 0.1) is 6.92 Å². The van der Waals surface area contributed by atoms with Crippen LogP contribution in [0.1, 0.15) is 29.9 Å². The first-order valence-corrected chi connectivity index (χ1v) is 7.24. The van der Waals surface area contributed by atoms with Crippen molar-refractivity contribution in [3.8, 4) is 0 Å². The SMILES string of the molecule is CCNc1ccnc(C(=O)N(CC)c2cccc(C)c2)c1. The Morgan fingerprint density at radius 1 is 1.24 bits per heavy atom. The number of carbonyl (C=O) groups is 1. The Hall–Kier alpha value is -2.36. The van der Waals surface area contributed by atoms with Gasteiger partial charge in [0, 0.05) is 30.7 Å². The molecule has 110 valence electrons. The summed E-state index contributed by atoms with van der Waals surface area (Å²) < 4.78 is 0. The average Bonchev–Trinajstić information content (AvgIpc) is 2.49. The fourth-order valence-electron chi connectivity index (χ4n) is 2.24. The quantitative estimate of drug-likeness (QED) is 0.913. The van der Waals surface area contributed by atoms with E-state index in [1.165, 1.54) is 0 Å². The Labute approximate surface area is 125 Å². The second-order valence-electron chi connectivity index (χ2n) is 4.85. The van der Waals surface area contributed by atoms with Crippen LogP contribution in [0.5, 0.6) is 0 Å². The van der Waals surface area contributed by atoms with Gasteiger partial charge >= 0.3 is 0 Å². The molecule has 0 aliphatic heterocycles. The van der Waals surface area contributed by atoms with Gasteiger partial charge < -0.3 is 10.2 Å². The molecule has 0 atom stereocenters. The normalized spacial score (nSPS) is 10.2. The lowest BCUT2D eigenvalue weighted by atomic mass is 10.2. The average molecular weight is 283 g/mol. The van der Waals surface area contributed by atoms with E-state index in [4.69, 9.17) is 0 Å². The number of nitrogens with one attached hydrogen (secondary N) is 1. The summed E-state index contributed by atoms with van der Waals surface area (Å²) in [5, 5.41) is 3.20. The second kappa shape index (κ2) is 6.88. The molecule has 0 fully saturated rings. The number of aryl methyl sites for hydroxylation is 1. The van der Waals surface area contributed by atoms with E-state index >= 15 is 0 Å². The minimum absolute atomic E-state index is 0.0807. The Balaban J connectivity index is 2.30. The number of benzene rings is 1. The highest BCUT2D eigenvalue weighted by molar-refractivity contribution is 6.05. The van der Waals surface area contributed by atoms with Gasteiger partial charge in [-0.25, -0.2) is 0 Å². The van der Waals surface area contributed by atoms with Gasteiger partial charge in [0.1, 0.15) is 5.69 Å². The number of aromatic nitrogens is 1. The maximum atomic E-state index is 12.7. The minimum Gasteiger partial charge on any atom is -0.385 e. The zero-order valence-electron chi connectivity index (χ0n) is 12.8. The third kappa shape index (κ3) is 3.60. The topological polar surface area (TPSA) is 45.2 Å². The first-order chi connectivity index (χ1) is 10.2. The van der Waals surface area contributed by atoms with E-state index in [1.807, 2.05) is 51.1 Å². The smallest absolute Gasteiger partial charge is 0.276 e. The summed E-state index contributed by atoms with van der Waals surface area (Å²) in [5.74, 6) is -0.0807. The molecule has 0 aliphatic rings. The molecule has 1 N–H and O–H groups in total. The lowest BCUT2D eigenvalue weighted by Gasteiger charge is -2.21.